The van der Waals surface area contributed by atoms with Gasteiger partial charge in [0.25, 0.3) is 5.56 Å². The van der Waals surface area contributed by atoms with Crippen LogP contribution in [0.5, 0.6) is 0 Å². The van der Waals surface area contributed by atoms with Gasteiger partial charge in [-0.3, -0.25) is 4.79 Å². The summed E-state index contributed by atoms with van der Waals surface area (Å²) in [6, 6.07) is 3.92. The van der Waals surface area contributed by atoms with Crippen LogP contribution >= 0.6 is 15.9 Å². The fourth-order valence-corrected chi connectivity index (χ4v) is 3.25. The molecule has 0 radical (unpaired) electrons. The fourth-order valence-electron chi connectivity index (χ4n) is 2.74. The molecule has 110 valence electrons. The Balaban J connectivity index is 2.10. The number of benzene rings is 1. The van der Waals surface area contributed by atoms with E-state index < -0.39 is 11.6 Å². The van der Waals surface area contributed by atoms with Crippen LogP contribution in [0.15, 0.2) is 27.5 Å². The Labute approximate surface area is 128 Å². The molecule has 0 spiro atoms. The first-order valence-electron chi connectivity index (χ1n) is 6.81. The number of hydrogen-bond acceptors (Lipinski definition) is 2. The Hall–Kier alpha value is -1.56. The van der Waals surface area contributed by atoms with Crippen molar-refractivity contribution in [3.63, 3.8) is 0 Å². The van der Waals surface area contributed by atoms with Gasteiger partial charge < -0.3 is 4.98 Å². The molecule has 0 aliphatic heterocycles. The van der Waals surface area contributed by atoms with E-state index in [2.05, 4.69) is 25.9 Å². The summed E-state index contributed by atoms with van der Waals surface area (Å²) < 4.78 is 26.8. The first kappa shape index (κ1) is 14.4. The number of rotatable bonds is 2. The Morgan fingerprint density at radius 2 is 1.95 bits per heavy atom. The molecule has 3 nitrogen and oxygen atoms in total. The molecule has 3 rings (SSSR count). The van der Waals surface area contributed by atoms with Crippen LogP contribution in [0.4, 0.5) is 8.78 Å². The highest BCUT2D eigenvalue weighted by atomic mass is 79.9. The molecule has 1 aromatic carbocycles. The Morgan fingerprint density at radius 1 is 1.24 bits per heavy atom. The van der Waals surface area contributed by atoms with E-state index in [-0.39, 0.29) is 21.8 Å². The van der Waals surface area contributed by atoms with E-state index in [1.54, 1.807) is 0 Å². The van der Waals surface area contributed by atoms with E-state index in [1.807, 2.05) is 0 Å². The minimum Gasteiger partial charge on any atom is -0.306 e. The van der Waals surface area contributed by atoms with Gasteiger partial charge in [0, 0.05) is 17.5 Å². The van der Waals surface area contributed by atoms with Crippen LogP contribution in [0.25, 0.3) is 11.4 Å². The standard InChI is InChI=1S/C15H13BrF2N2O/c16-13-9(5-6-10(17)14(13)18)15-19-11(7-12(21)20-15)8-3-1-2-4-8/h5-8H,1-4H2,(H,19,20,21). The highest BCUT2D eigenvalue weighted by Crippen LogP contribution is 2.34. The lowest BCUT2D eigenvalue weighted by Gasteiger charge is -2.11. The monoisotopic (exact) mass is 354 g/mol. The van der Waals surface area contributed by atoms with Gasteiger partial charge in [-0.2, -0.15) is 0 Å². The summed E-state index contributed by atoms with van der Waals surface area (Å²) in [6.07, 6.45) is 4.27. The molecule has 1 fully saturated rings. The Bertz CT molecular complexity index is 739. The quantitative estimate of drug-likeness (QED) is 0.824. The van der Waals surface area contributed by atoms with Gasteiger partial charge in [0.2, 0.25) is 0 Å². The predicted molar refractivity (Wildman–Crippen MR) is 79.1 cm³/mol. The summed E-state index contributed by atoms with van der Waals surface area (Å²) in [6.45, 7) is 0. The summed E-state index contributed by atoms with van der Waals surface area (Å²) in [7, 11) is 0. The number of nitrogens with zero attached hydrogens (tertiary/aromatic N) is 1. The second-order valence-electron chi connectivity index (χ2n) is 5.22. The zero-order chi connectivity index (χ0) is 15.0. The largest absolute Gasteiger partial charge is 0.306 e. The molecule has 1 aliphatic carbocycles. The van der Waals surface area contributed by atoms with Crippen LogP contribution in [-0.4, -0.2) is 9.97 Å². The summed E-state index contributed by atoms with van der Waals surface area (Å²) in [5.74, 6) is -1.40. The van der Waals surface area contributed by atoms with Crippen LogP contribution in [0.1, 0.15) is 37.3 Å². The molecule has 21 heavy (non-hydrogen) atoms. The zero-order valence-electron chi connectivity index (χ0n) is 11.1. The van der Waals surface area contributed by atoms with E-state index in [9.17, 15) is 13.6 Å². The fraction of sp³-hybridized carbons (Fsp3) is 0.333. The Kier molecular flexibility index (Phi) is 3.89. The second kappa shape index (κ2) is 5.67. The molecule has 1 saturated carbocycles. The summed E-state index contributed by atoms with van der Waals surface area (Å²) >= 11 is 3.02. The van der Waals surface area contributed by atoms with E-state index in [0.717, 1.165) is 37.4 Å². The zero-order valence-corrected chi connectivity index (χ0v) is 12.7. The highest BCUT2D eigenvalue weighted by molar-refractivity contribution is 9.10. The lowest BCUT2D eigenvalue weighted by molar-refractivity contribution is 0.504. The van der Waals surface area contributed by atoms with E-state index in [0.29, 0.717) is 5.56 Å². The molecule has 0 atom stereocenters. The summed E-state index contributed by atoms with van der Waals surface area (Å²) in [5, 5.41) is 0. The van der Waals surface area contributed by atoms with Gasteiger partial charge >= 0.3 is 0 Å². The van der Waals surface area contributed by atoms with Crippen LogP contribution in [0.3, 0.4) is 0 Å². The lowest BCUT2D eigenvalue weighted by Crippen LogP contribution is -2.12. The van der Waals surface area contributed by atoms with Crippen molar-refractivity contribution >= 4 is 15.9 Å². The third-order valence-corrected chi connectivity index (χ3v) is 4.60. The van der Waals surface area contributed by atoms with Gasteiger partial charge in [-0.15, -0.1) is 0 Å². The van der Waals surface area contributed by atoms with Crippen LogP contribution in [0, 0.1) is 11.6 Å². The number of H-pyrrole nitrogens is 1. The summed E-state index contributed by atoms with van der Waals surface area (Å²) in [5.41, 5.74) is 0.785. The van der Waals surface area contributed by atoms with Gasteiger partial charge in [0.15, 0.2) is 11.6 Å². The lowest BCUT2D eigenvalue weighted by atomic mass is 10.0. The molecule has 6 heteroatoms. The number of halogens is 3. The van der Waals surface area contributed by atoms with Crippen molar-refractivity contribution in [2.45, 2.75) is 31.6 Å². The SMILES string of the molecule is O=c1cc(C2CCCC2)nc(-c2ccc(F)c(F)c2Br)[nH]1. The molecule has 1 N–H and O–H groups in total. The molecular formula is C15H13BrF2N2O. The molecule has 0 amide bonds. The third-order valence-electron chi connectivity index (χ3n) is 3.83. The maximum atomic E-state index is 13.6. The molecule has 0 unspecified atom stereocenters. The topological polar surface area (TPSA) is 45.8 Å². The predicted octanol–water partition coefficient (Wildman–Crippen LogP) is 4.14. The molecule has 1 aromatic heterocycles. The van der Waals surface area contributed by atoms with Crippen LogP contribution in [-0.2, 0) is 0 Å². The van der Waals surface area contributed by atoms with Crippen molar-refractivity contribution in [2.24, 2.45) is 0 Å². The second-order valence-corrected chi connectivity index (χ2v) is 6.02. The average Bonchev–Trinajstić information content (AvgIpc) is 2.98. The maximum absolute atomic E-state index is 13.6. The number of aromatic amines is 1. The van der Waals surface area contributed by atoms with Gasteiger partial charge in [-0.25, -0.2) is 13.8 Å². The first-order chi connectivity index (χ1) is 10.1. The minimum atomic E-state index is -0.985. The van der Waals surface area contributed by atoms with Gasteiger partial charge in [0.1, 0.15) is 5.82 Å². The van der Waals surface area contributed by atoms with E-state index >= 15 is 0 Å². The maximum Gasteiger partial charge on any atom is 0.251 e. The summed E-state index contributed by atoms with van der Waals surface area (Å²) in [4.78, 5) is 18.9. The first-order valence-corrected chi connectivity index (χ1v) is 7.60. The minimum absolute atomic E-state index is 0.0331. The molecule has 1 aliphatic rings. The van der Waals surface area contributed by atoms with Gasteiger partial charge in [-0.05, 0) is 40.9 Å². The third kappa shape index (κ3) is 2.77. The van der Waals surface area contributed by atoms with Crippen molar-refractivity contribution in [1.29, 1.82) is 0 Å². The molecule has 0 bridgehead atoms. The van der Waals surface area contributed by atoms with Crippen molar-refractivity contribution in [3.8, 4) is 11.4 Å². The van der Waals surface area contributed by atoms with Crippen LogP contribution < -0.4 is 5.56 Å². The van der Waals surface area contributed by atoms with Crippen molar-refractivity contribution < 1.29 is 8.78 Å². The van der Waals surface area contributed by atoms with E-state index in [4.69, 9.17) is 0 Å². The van der Waals surface area contributed by atoms with Crippen molar-refractivity contribution in [2.75, 3.05) is 0 Å². The number of aromatic nitrogens is 2. The normalized spacial score (nSPS) is 15.6. The molecule has 1 heterocycles. The molecular weight excluding hydrogens is 342 g/mol. The van der Waals surface area contributed by atoms with Gasteiger partial charge in [0.05, 0.1) is 10.2 Å². The highest BCUT2D eigenvalue weighted by Gasteiger charge is 2.21. The van der Waals surface area contributed by atoms with E-state index in [1.165, 1.54) is 12.1 Å². The smallest absolute Gasteiger partial charge is 0.251 e. The van der Waals surface area contributed by atoms with Gasteiger partial charge in [-0.1, -0.05) is 12.8 Å². The molecule has 0 saturated heterocycles. The number of hydrogen-bond donors (Lipinski definition) is 1. The average molecular weight is 355 g/mol. The Morgan fingerprint density at radius 3 is 2.67 bits per heavy atom. The number of nitrogens with one attached hydrogen (secondary N) is 1. The molecule has 2 aromatic rings. The van der Waals surface area contributed by atoms with Crippen LogP contribution in [0.2, 0.25) is 0 Å². The van der Waals surface area contributed by atoms with Crippen molar-refractivity contribution in [3.05, 3.63) is 50.4 Å². The van der Waals surface area contributed by atoms with Crippen molar-refractivity contribution in [1.82, 2.24) is 9.97 Å².